The van der Waals surface area contributed by atoms with Crippen LogP contribution in [0.4, 0.5) is 0 Å². The number of benzene rings is 1. The maximum Gasteiger partial charge on any atom is 0.306 e. The van der Waals surface area contributed by atoms with E-state index in [0.29, 0.717) is 13.0 Å². The van der Waals surface area contributed by atoms with E-state index in [4.69, 9.17) is 4.74 Å². The molecule has 2 heteroatoms. The Morgan fingerprint density at radius 3 is 1.87 bits per heavy atom. The summed E-state index contributed by atoms with van der Waals surface area (Å²) in [5.74, 6) is 12.0. The van der Waals surface area contributed by atoms with Crippen LogP contribution in [0.15, 0.2) is 30.3 Å². The molecular formula is C28H40O2. The number of carbonyl (C=O) groups excluding carboxylic acids is 1. The van der Waals surface area contributed by atoms with Crippen molar-refractivity contribution in [1.29, 1.82) is 0 Å². The van der Waals surface area contributed by atoms with Gasteiger partial charge in [0, 0.05) is 19.3 Å². The minimum atomic E-state index is -0.136. The number of unbranched alkanes of at least 4 members (excludes halogenated alkanes) is 12. The molecule has 0 aromatic heterocycles. The Kier molecular flexibility index (Phi) is 17.3. The van der Waals surface area contributed by atoms with Crippen molar-refractivity contribution >= 4 is 5.97 Å². The van der Waals surface area contributed by atoms with Crippen molar-refractivity contribution in [3.8, 4) is 23.7 Å². The van der Waals surface area contributed by atoms with Crippen LogP contribution >= 0.6 is 0 Å². The van der Waals surface area contributed by atoms with Gasteiger partial charge < -0.3 is 4.74 Å². The minimum absolute atomic E-state index is 0.136. The second-order valence-electron chi connectivity index (χ2n) is 7.89. The lowest BCUT2D eigenvalue weighted by molar-refractivity contribution is -0.145. The van der Waals surface area contributed by atoms with E-state index in [2.05, 4.69) is 30.6 Å². The first-order chi connectivity index (χ1) is 14.8. The van der Waals surface area contributed by atoms with Crippen molar-refractivity contribution < 1.29 is 9.53 Å². The lowest BCUT2D eigenvalue weighted by Crippen LogP contribution is -2.04. The third-order valence-electron chi connectivity index (χ3n) is 5.07. The minimum Gasteiger partial charge on any atom is -0.461 e. The summed E-state index contributed by atoms with van der Waals surface area (Å²) in [7, 11) is 0. The van der Waals surface area contributed by atoms with Crippen LogP contribution in [0.1, 0.15) is 109 Å². The average Bonchev–Trinajstić information content (AvgIpc) is 2.77. The van der Waals surface area contributed by atoms with Gasteiger partial charge in [-0.2, -0.15) is 0 Å². The molecule has 0 radical (unpaired) electrons. The molecule has 1 aromatic rings. The maximum atomic E-state index is 11.7. The van der Waals surface area contributed by atoms with E-state index in [0.717, 1.165) is 31.2 Å². The van der Waals surface area contributed by atoms with Gasteiger partial charge in [0.1, 0.15) is 6.61 Å². The quantitative estimate of drug-likeness (QED) is 0.160. The molecule has 0 spiro atoms. The van der Waals surface area contributed by atoms with Gasteiger partial charge in [0.15, 0.2) is 0 Å². The first-order valence-corrected chi connectivity index (χ1v) is 12.0. The van der Waals surface area contributed by atoms with Gasteiger partial charge in [-0.15, -0.1) is 0 Å². The summed E-state index contributed by atoms with van der Waals surface area (Å²) < 4.78 is 5.26. The summed E-state index contributed by atoms with van der Waals surface area (Å²) in [6, 6.07) is 9.76. The molecular weight excluding hydrogens is 368 g/mol. The summed E-state index contributed by atoms with van der Waals surface area (Å²) in [6.07, 6.45) is 17.5. The first kappa shape index (κ1) is 25.8. The Morgan fingerprint density at radius 1 is 0.733 bits per heavy atom. The van der Waals surface area contributed by atoms with Gasteiger partial charge in [0.05, 0.1) is 0 Å². The van der Waals surface area contributed by atoms with E-state index in [9.17, 15) is 4.79 Å². The molecule has 0 amide bonds. The monoisotopic (exact) mass is 408 g/mol. The fraction of sp³-hybridized carbons (Fsp3) is 0.607. The number of ether oxygens (including phenoxy) is 1. The van der Waals surface area contributed by atoms with Crippen LogP contribution in [0.3, 0.4) is 0 Å². The number of esters is 1. The van der Waals surface area contributed by atoms with E-state index in [-0.39, 0.29) is 5.97 Å². The predicted molar refractivity (Wildman–Crippen MR) is 127 cm³/mol. The van der Waals surface area contributed by atoms with E-state index in [1.807, 2.05) is 30.3 Å². The normalized spacial score (nSPS) is 9.90. The number of hydrogen-bond donors (Lipinski definition) is 0. The molecule has 1 aromatic carbocycles. The van der Waals surface area contributed by atoms with Gasteiger partial charge in [-0.1, -0.05) is 107 Å². The molecule has 2 nitrogen and oxygen atoms in total. The van der Waals surface area contributed by atoms with Crippen LogP contribution in [0.2, 0.25) is 0 Å². The lowest BCUT2D eigenvalue weighted by Gasteiger charge is -2.04. The van der Waals surface area contributed by atoms with Gasteiger partial charge in [0.25, 0.3) is 0 Å². The SMILES string of the molecule is CCCCCCCCCCCCC#CC#CCCCCC(=O)OCc1ccccc1. The Labute approximate surface area is 185 Å². The highest BCUT2D eigenvalue weighted by Gasteiger charge is 2.02. The van der Waals surface area contributed by atoms with Crippen LogP contribution in [-0.2, 0) is 16.1 Å². The average molecular weight is 409 g/mol. The molecule has 1 rings (SSSR count). The van der Waals surface area contributed by atoms with Crippen molar-refractivity contribution in [3.05, 3.63) is 35.9 Å². The second-order valence-corrected chi connectivity index (χ2v) is 7.89. The Balaban J connectivity index is 1.87. The molecule has 0 saturated carbocycles. The van der Waals surface area contributed by atoms with Crippen LogP contribution in [-0.4, -0.2) is 5.97 Å². The molecule has 0 N–H and O–H groups in total. The van der Waals surface area contributed by atoms with Crippen LogP contribution in [0.5, 0.6) is 0 Å². The van der Waals surface area contributed by atoms with Gasteiger partial charge in [-0.3, -0.25) is 4.79 Å². The van der Waals surface area contributed by atoms with Crippen LogP contribution in [0, 0.1) is 23.7 Å². The third kappa shape index (κ3) is 16.7. The fourth-order valence-electron chi connectivity index (χ4n) is 3.21. The van der Waals surface area contributed by atoms with E-state index < -0.39 is 0 Å². The lowest BCUT2D eigenvalue weighted by atomic mass is 10.1. The van der Waals surface area contributed by atoms with E-state index >= 15 is 0 Å². The molecule has 30 heavy (non-hydrogen) atoms. The maximum absolute atomic E-state index is 11.7. The Morgan fingerprint density at radius 2 is 1.27 bits per heavy atom. The van der Waals surface area contributed by atoms with Crippen molar-refractivity contribution in [2.45, 2.75) is 110 Å². The summed E-state index contributed by atoms with van der Waals surface area (Å²) in [4.78, 5) is 11.7. The standard InChI is InChI=1S/C28H40O2/c1-2-3-4-5-6-7-8-9-10-11-12-13-14-15-16-17-18-22-25-28(29)30-26-27-23-20-19-21-24-27/h19-21,23-24H,2-12,17-18,22,25-26H2,1H3. The topological polar surface area (TPSA) is 26.3 Å². The van der Waals surface area contributed by atoms with Gasteiger partial charge in [0.2, 0.25) is 0 Å². The third-order valence-corrected chi connectivity index (χ3v) is 5.07. The highest BCUT2D eigenvalue weighted by molar-refractivity contribution is 5.69. The van der Waals surface area contributed by atoms with Gasteiger partial charge in [-0.25, -0.2) is 0 Å². The van der Waals surface area contributed by atoms with E-state index in [1.54, 1.807) is 0 Å². The van der Waals surface area contributed by atoms with E-state index in [1.165, 1.54) is 64.2 Å². The van der Waals surface area contributed by atoms with Crippen LogP contribution in [0.25, 0.3) is 0 Å². The zero-order valence-corrected chi connectivity index (χ0v) is 19.0. The summed E-state index contributed by atoms with van der Waals surface area (Å²) in [5, 5.41) is 0. The summed E-state index contributed by atoms with van der Waals surface area (Å²) >= 11 is 0. The fourth-order valence-corrected chi connectivity index (χ4v) is 3.21. The van der Waals surface area contributed by atoms with Crippen molar-refractivity contribution in [1.82, 2.24) is 0 Å². The second kappa shape index (κ2) is 20.1. The number of hydrogen-bond acceptors (Lipinski definition) is 2. The molecule has 0 aliphatic carbocycles. The highest BCUT2D eigenvalue weighted by Crippen LogP contribution is 2.11. The first-order valence-electron chi connectivity index (χ1n) is 12.0. The van der Waals surface area contributed by atoms with Crippen molar-refractivity contribution in [2.24, 2.45) is 0 Å². The van der Waals surface area contributed by atoms with Gasteiger partial charge in [-0.05, 0) is 36.7 Å². The smallest absolute Gasteiger partial charge is 0.306 e. The molecule has 0 unspecified atom stereocenters. The largest absolute Gasteiger partial charge is 0.461 e. The molecule has 0 aliphatic heterocycles. The molecule has 0 atom stereocenters. The molecule has 0 fully saturated rings. The van der Waals surface area contributed by atoms with Crippen molar-refractivity contribution in [3.63, 3.8) is 0 Å². The number of rotatable bonds is 16. The summed E-state index contributed by atoms with van der Waals surface area (Å²) in [6.45, 7) is 2.62. The Bertz CT molecular complexity index is 655. The molecule has 0 bridgehead atoms. The Hall–Kier alpha value is -2.19. The number of carbonyl (C=O) groups is 1. The molecule has 164 valence electrons. The van der Waals surface area contributed by atoms with Crippen molar-refractivity contribution in [2.75, 3.05) is 0 Å². The zero-order valence-electron chi connectivity index (χ0n) is 19.0. The molecule has 0 saturated heterocycles. The predicted octanol–water partition coefficient (Wildman–Crippen LogP) is 7.61. The summed E-state index contributed by atoms with van der Waals surface area (Å²) in [5.41, 5.74) is 1.02. The zero-order chi connectivity index (χ0) is 21.5. The molecule has 0 heterocycles. The van der Waals surface area contributed by atoms with Gasteiger partial charge >= 0.3 is 5.97 Å². The van der Waals surface area contributed by atoms with Crippen LogP contribution < -0.4 is 0 Å². The highest BCUT2D eigenvalue weighted by atomic mass is 16.5. The molecule has 0 aliphatic rings.